The van der Waals surface area contributed by atoms with Gasteiger partial charge in [0.2, 0.25) is 0 Å². The molecule has 5 heteroatoms. The molecule has 1 rings (SSSR count). The quantitative estimate of drug-likeness (QED) is 0.683. The fourth-order valence-electron chi connectivity index (χ4n) is 1.84. The first-order chi connectivity index (χ1) is 8.95. The Morgan fingerprint density at radius 3 is 2.68 bits per heavy atom. The van der Waals surface area contributed by atoms with Gasteiger partial charge in [-0.05, 0) is 30.5 Å². The molecule has 0 aliphatic heterocycles. The number of aliphatic carboxylic acids is 1. The zero-order valence-corrected chi connectivity index (χ0v) is 11.3. The summed E-state index contributed by atoms with van der Waals surface area (Å²) in [6, 6.07) is 5.18. The van der Waals surface area contributed by atoms with Crippen LogP contribution < -0.4 is 11.1 Å². The molecule has 4 N–H and O–H groups in total. The normalized spacial score (nSPS) is 11.9. The average molecular weight is 264 g/mol. The highest BCUT2D eigenvalue weighted by atomic mass is 16.4. The number of hydrogen-bond donors (Lipinski definition) is 3. The van der Waals surface area contributed by atoms with Crippen molar-refractivity contribution in [3.63, 3.8) is 0 Å². The Morgan fingerprint density at radius 1 is 1.42 bits per heavy atom. The van der Waals surface area contributed by atoms with Crippen molar-refractivity contribution in [3.05, 3.63) is 29.3 Å². The van der Waals surface area contributed by atoms with Crippen LogP contribution in [0.25, 0.3) is 0 Å². The minimum absolute atomic E-state index is 0.0529. The van der Waals surface area contributed by atoms with Crippen LogP contribution in [0.2, 0.25) is 0 Å². The van der Waals surface area contributed by atoms with Gasteiger partial charge in [0.1, 0.15) is 0 Å². The van der Waals surface area contributed by atoms with E-state index in [9.17, 15) is 9.59 Å². The lowest BCUT2D eigenvalue weighted by Crippen LogP contribution is -2.30. The lowest BCUT2D eigenvalue weighted by Gasteiger charge is -2.14. The first-order valence-corrected chi connectivity index (χ1v) is 6.30. The Balaban J connectivity index is 2.64. The second-order valence-electron chi connectivity index (χ2n) is 4.60. The van der Waals surface area contributed by atoms with Gasteiger partial charge in [-0.25, -0.2) is 0 Å². The number of nitrogens with one attached hydrogen (secondary N) is 1. The summed E-state index contributed by atoms with van der Waals surface area (Å²) >= 11 is 0. The maximum atomic E-state index is 12.0. The zero-order chi connectivity index (χ0) is 14.4. The average Bonchev–Trinajstić information content (AvgIpc) is 2.37. The number of anilines is 1. The van der Waals surface area contributed by atoms with Gasteiger partial charge in [-0.3, -0.25) is 9.59 Å². The molecule has 0 saturated heterocycles. The number of carbonyl (C=O) groups excluding carboxylic acids is 1. The van der Waals surface area contributed by atoms with Gasteiger partial charge >= 0.3 is 5.97 Å². The third-order valence-electron chi connectivity index (χ3n) is 3.21. The van der Waals surface area contributed by atoms with E-state index in [1.54, 1.807) is 25.1 Å². The van der Waals surface area contributed by atoms with Crippen LogP contribution in [0.15, 0.2) is 18.2 Å². The highest BCUT2D eigenvalue weighted by molar-refractivity contribution is 5.96. The smallest absolute Gasteiger partial charge is 0.303 e. The maximum absolute atomic E-state index is 12.0. The van der Waals surface area contributed by atoms with Crippen LogP contribution in [0.3, 0.4) is 0 Å². The molecule has 0 radical (unpaired) electrons. The maximum Gasteiger partial charge on any atom is 0.303 e. The van der Waals surface area contributed by atoms with Crippen molar-refractivity contribution in [2.24, 2.45) is 5.92 Å². The van der Waals surface area contributed by atoms with Crippen LogP contribution in [0, 0.1) is 12.8 Å². The standard InChI is InChI=1S/C14H20N2O3/c1-3-10(7-13(17)18)8-16-14(19)11-5-4-6-12(15)9(11)2/h4-6,10H,3,7-8,15H2,1-2H3,(H,16,19)(H,17,18). The van der Waals surface area contributed by atoms with Crippen molar-refractivity contribution in [2.45, 2.75) is 26.7 Å². The van der Waals surface area contributed by atoms with Gasteiger partial charge in [0.15, 0.2) is 0 Å². The Kier molecular flexibility index (Phi) is 5.36. The van der Waals surface area contributed by atoms with E-state index >= 15 is 0 Å². The predicted octanol–water partition coefficient (Wildman–Crippen LogP) is 1.81. The van der Waals surface area contributed by atoms with Crippen LogP contribution in [-0.2, 0) is 4.79 Å². The molecule has 1 aromatic rings. The second kappa shape index (κ2) is 6.78. The molecule has 0 heterocycles. The zero-order valence-electron chi connectivity index (χ0n) is 11.3. The van der Waals surface area contributed by atoms with Crippen LogP contribution in [0.4, 0.5) is 5.69 Å². The fraction of sp³-hybridized carbons (Fsp3) is 0.429. The lowest BCUT2D eigenvalue weighted by molar-refractivity contribution is -0.138. The van der Waals surface area contributed by atoms with Crippen LogP contribution >= 0.6 is 0 Å². The number of amides is 1. The monoisotopic (exact) mass is 264 g/mol. The first-order valence-electron chi connectivity index (χ1n) is 6.30. The number of carbonyl (C=O) groups is 2. The molecule has 1 aromatic carbocycles. The molecule has 0 fully saturated rings. The van der Waals surface area contributed by atoms with E-state index < -0.39 is 5.97 Å². The Hall–Kier alpha value is -2.04. The summed E-state index contributed by atoms with van der Waals surface area (Å²) in [6.45, 7) is 4.06. The van der Waals surface area contributed by atoms with Gasteiger partial charge in [-0.1, -0.05) is 19.4 Å². The predicted molar refractivity (Wildman–Crippen MR) is 74.0 cm³/mol. The van der Waals surface area contributed by atoms with Crippen molar-refractivity contribution >= 4 is 17.6 Å². The Bertz CT molecular complexity index is 472. The SMILES string of the molecule is CCC(CNC(=O)c1cccc(N)c1C)CC(=O)O. The lowest BCUT2D eigenvalue weighted by atomic mass is 10.0. The molecule has 0 bridgehead atoms. The number of carboxylic acid groups (broad SMARTS) is 1. The number of hydrogen-bond acceptors (Lipinski definition) is 3. The summed E-state index contributed by atoms with van der Waals surface area (Å²) in [5.74, 6) is -1.11. The molecule has 0 aliphatic carbocycles. The minimum Gasteiger partial charge on any atom is -0.481 e. The van der Waals surface area contributed by atoms with E-state index in [4.69, 9.17) is 10.8 Å². The molecule has 19 heavy (non-hydrogen) atoms. The molecular formula is C14H20N2O3. The number of carboxylic acids is 1. The van der Waals surface area contributed by atoms with Crippen molar-refractivity contribution in [1.29, 1.82) is 0 Å². The molecule has 0 spiro atoms. The van der Waals surface area contributed by atoms with Crippen molar-refractivity contribution < 1.29 is 14.7 Å². The molecule has 1 amide bonds. The van der Waals surface area contributed by atoms with Gasteiger partial charge in [0.05, 0.1) is 0 Å². The van der Waals surface area contributed by atoms with Crippen molar-refractivity contribution in [3.8, 4) is 0 Å². The summed E-state index contributed by atoms with van der Waals surface area (Å²) in [4.78, 5) is 22.7. The van der Waals surface area contributed by atoms with E-state index in [-0.39, 0.29) is 18.2 Å². The highest BCUT2D eigenvalue weighted by Gasteiger charge is 2.14. The van der Waals surface area contributed by atoms with E-state index in [0.717, 1.165) is 5.56 Å². The third kappa shape index (κ3) is 4.28. The van der Waals surface area contributed by atoms with E-state index in [2.05, 4.69) is 5.32 Å². The highest BCUT2D eigenvalue weighted by Crippen LogP contribution is 2.15. The number of nitrogens with two attached hydrogens (primary N) is 1. The van der Waals surface area contributed by atoms with Gasteiger partial charge < -0.3 is 16.2 Å². The van der Waals surface area contributed by atoms with Crippen LogP contribution in [0.5, 0.6) is 0 Å². The first kappa shape index (κ1) is 15.0. The molecule has 0 saturated carbocycles. The van der Waals surface area contributed by atoms with Crippen molar-refractivity contribution in [2.75, 3.05) is 12.3 Å². The van der Waals surface area contributed by atoms with Gasteiger partial charge in [-0.2, -0.15) is 0 Å². The van der Waals surface area contributed by atoms with E-state index in [1.165, 1.54) is 0 Å². The van der Waals surface area contributed by atoms with Crippen LogP contribution in [0.1, 0.15) is 35.7 Å². The largest absolute Gasteiger partial charge is 0.481 e. The molecule has 1 atom stereocenters. The third-order valence-corrected chi connectivity index (χ3v) is 3.21. The second-order valence-corrected chi connectivity index (χ2v) is 4.60. The summed E-state index contributed by atoms with van der Waals surface area (Å²) in [7, 11) is 0. The number of benzene rings is 1. The molecule has 0 aliphatic rings. The summed E-state index contributed by atoms with van der Waals surface area (Å²) in [5, 5.41) is 11.5. The Morgan fingerprint density at radius 2 is 2.11 bits per heavy atom. The number of rotatable bonds is 6. The molecule has 0 aromatic heterocycles. The fourth-order valence-corrected chi connectivity index (χ4v) is 1.84. The van der Waals surface area contributed by atoms with Gasteiger partial charge in [-0.15, -0.1) is 0 Å². The van der Waals surface area contributed by atoms with Gasteiger partial charge in [0, 0.05) is 24.2 Å². The van der Waals surface area contributed by atoms with E-state index in [1.807, 2.05) is 6.92 Å². The molecule has 1 unspecified atom stereocenters. The van der Waals surface area contributed by atoms with Gasteiger partial charge in [0.25, 0.3) is 5.91 Å². The number of nitrogen functional groups attached to an aromatic ring is 1. The Labute approximate surface area is 112 Å². The topological polar surface area (TPSA) is 92.4 Å². The summed E-state index contributed by atoms with van der Waals surface area (Å²) < 4.78 is 0. The summed E-state index contributed by atoms with van der Waals surface area (Å²) in [5.41, 5.74) is 7.60. The minimum atomic E-state index is -0.846. The molecule has 5 nitrogen and oxygen atoms in total. The van der Waals surface area contributed by atoms with E-state index in [0.29, 0.717) is 24.2 Å². The molecule has 104 valence electrons. The summed E-state index contributed by atoms with van der Waals surface area (Å²) in [6.07, 6.45) is 0.773. The molecular weight excluding hydrogens is 244 g/mol. The van der Waals surface area contributed by atoms with Crippen molar-refractivity contribution in [1.82, 2.24) is 5.32 Å². The van der Waals surface area contributed by atoms with Crippen LogP contribution in [-0.4, -0.2) is 23.5 Å².